The quantitative estimate of drug-likeness (QED) is 0.791. The average molecular weight is 276 g/mol. The Morgan fingerprint density at radius 1 is 1.16 bits per heavy atom. The van der Waals surface area contributed by atoms with Gasteiger partial charge in [-0.2, -0.15) is 5.26 Å². The second-order valence-corrected chi connectivity index (χ2v) is 4.61. The van der Waals surface area contributed by atoms with Crippen molar-refractivity contribution in [1.82, 2.24) is 0 Å². The zero-order valence-electron chi connectivity index (χ0n) is 10.5. The van der Waals surface area contributed by atoms with E-state index in [4.69, 9.17) is 21.6 Å². The first-order chi connectivity index (χ1) is 9.01. The van der Waals surface area contributed by atoms with Crippen LogP contribution in [-0.4, -0.2) is 0 Å². The molecule has 0 amide bonds. The molecule has 0 atom stereocenters. The van der Waals surface area contributed by atoms with Crippen LogP contribution in [0.1, 0.15) is 16.7 Å². The van der Waals surface area contributed by atoms with Crippen molar-refractivity contribution in [2.45, 2.75) is 13.8 Å². The van der Waals surface area contributed by atoms with Crippen molar-refractivity contribution in [3.05, 3.63) is 57.9 Å². The molecule has 0 unspecified atom stereocenters. The monoisotopic (exact) mass is 275 g/mol. The molecule has 2 nitrogen and oxygen atoms in total. The van der Waals surface area contributed by atoms with Crippen LogP contribution in [0.5, 0.6) is 11.5 Å². The molecule has 0 spiro atoms. The number of aryl methyl sites for hydroxylation is 2. The van der Waals surface area contributed by atoms with E-state index < -0.39 is 5.82 Å². The van der Waals surface area contributed by atoms with Crippen molar-refractivity contribution >= 4 is 11.6 Å². The van der Waals surface area contributed by atoms with Gasteiger partial charge in [0, 0.05) is 5.02 Å². The molecule has 0 aliphatic carbocycles. The predicted molar refractivity (Wildman–Crippen MR) is 72.1 cm³/mol. The second kappa shape index (κ2) is 5.29. The molecule has 2 aromatic carbocycles. The largest absolute Gasteiger partial charge is 0.454 e. The summed E-state index contributed by atoms with van der Waals surface area (Å²) in [4.78, 5) is 0. The van der Waals surface area contributed by atoms with Crippen LogP contribution in [0.3, 0.4) is 0 Å². The van der Waals surface area contributed by atoms with Crippen molar-refractivity contribution in [3.8, 4) is 17.6 Å². The van der Waals surface area contributed by atoms with E-state index in [9.17, 15) is 4.39 Å². The summed E-state index contributed by atoms with van der Waals surface area (Å²) in [5.41, 5.74) is 1.99. The van der Waals surface area contributed by atoms with E-state index in [1.165, 1.54) is 12.1 Å². The zero-order valence-corrected chi connectivity index (χ0v) is 11.3. The smallest absolute Gasteiger partial charge is 0.167 e. The van der Waals surface area contributed by atoms with E-state index in [1.54, 1.807) is 12.1 Å². The first-order valence-electron chi connectivity index (χ1n) is 5.65. The van der Waals surface area contributed by atoms with Crippen LogP contribution >= 0.6 is 11.6 Å². The summed E-state index contributed by atoms with van der Waals surface area (Å²) >= 11 is 6.06. The first-order valence-corrected chi connectivity index (χ1v) is 6.03. The molecule has 0 saturated heterocycles. The molecule has 0 heterocycles. The van der Waals surface area contributed by atoms with E-state index in [1.807, 2.05) is 19.9 Å². The summed E-state index contributed by atoms with van der Waals surface area (Å²) in [6.07, 6.45) is 0. The van der Waals surface area contributed by atoms with Crippen molar-refractivity contribution < 1.29 is 9.13 Å². The molecule has 4 heteroatoms. The lowest BCUT2D eigenvalue weighted by Crippen LogP contribution is -1.91. The fraction of sp³-hybridized carbons (Fsp3) is 0.133. The number of nitrogens with zero attached hydrogens (tertiary/aromatic N) is 1. The number of hydrogen-bond acceptors (Lipinski definition) is 2. The van der Waals surface area contributed by atoms with Crippen LogP contribution in [0.2, 0.25) is 5.02 Å². The Bertz CT molecular complexity index is 653. The second-order valence-electron chi connectivity index (χ2n) is 4.23. The highest BCUT2D eigenvalue weighted by Crippen LogP contribution is 2.30. The van der Waals surface area contributed by atoms with Gasteiger partial charge in [-0.1, -0.05) is 11.6 Å². The molecule has 2 rings (SSSR count). The maximum Gasteiger partial charge on any atom is 0.167 e. The molecule has 0 N–H and O–H groups in total. The highest BCUT2D eigenvalue weighted by molar-refractivity contribution is 6.32. The van der Waals surface area contributed by atoms with Crippen molar-refractivity contribution in [2.75, 3.05) is 0 Å². The SMILES string of the molecule is Cc1cc(Oc2ccc(C#N)cc2F)cc(C)c1Cl. The fourth-order valence-corrected chi connectivity index (χ4v) is 1.85. The number of benzene rings is 2. The summed E-state index contributed by atoms with van der Waals surface area (Å²) in [5.74, 6) is 0.0347. The molecular weight excluding hydrogens is 265 g/mol. The van der Waals surface area contributed by atoms with Crippen LogP contribution in [0, 0.1) is 31.0 Å². The Morgan fingerprint density at radius 3 is 2.32 bits per heavy atom. The molecule has 19 heavy (non-hydrogen) atoms. The van der Waals surface area contributed by atoms with Crippen LogP contribution in [0.15, 0.2) is 30.3 Å². The van der Waals surface area contributed by atoms with Gasteiger partial charge >= 0.3 is 0 Å². The predicted octanol–water partition coefficient (Wildman–Crippen LogP) is 4.76. The highest BCUT2D eigenvalue weighted by Gasteiger charge is 2.08. The van der Waals surface area contributed by atoms with Crippen LogP contribution in [0.25, 0.3) is 0 Å². The Balaban J connectivity index is 2.34. The maximum atomic E-state index is 13.7. The average Bonchev–Trinajstić information content (AvgIpc) is 2.38. The van der Waals surface area contributed by atoms with Gasteiger partial charge in [-0.05, 0) is 55.3 Å². The normalized spacial score (nSPS) is 10.1. The van der Waals surface area contributed by atoms with Gasteiger partial charge in [0.05, 0.1) is 11.6 Å². The molecular formula is C15H11ClFNO. The lowest BCUT2D eigenvalue weighted by atomic mass is 10.1. The highest BCUT2D eigenvalue weighted by atomic mass is 35.5. The van der Waals surface area contributed by atoms with E-state index in [0.29, 0.717) is 10.8 Å². The van der Waals surface area contributed by atoms with E-state index in [0.717, 1.165) is 17.2 Å². The minimum atomic E-state index is -0.565. The summed E-state index contributed by atoms with van der Waals surface area (Å²) < 4.78 is 19.2. The Morgan fingerprint density at radius 2 is 1.79 bits per heavy atom. The summed E-state index contributed by atoms with van der Waals surface area (Å²) in [6.45, 7) is 3.72. The molecule has 96 valence electrons. The third kappa shape index (κ3) is 2.86. The van der Waals surface area contributed by atoms with Gasteiger partial charge in [0.2, 0.25) is 0 Å². The van der Waals surface area contributed by atoms with Gasteiger partial charge < -0.3 is 4.74 Å². The fourth-order valence-electron chi connectivity index (χ4n) is 1.75. The van der Waals surface area contributed by atoms with E-state index >= 15 is 0 Å². The minimum absolute atomic E-state index is 0.0834. The van der Waals surface area contributed by atoms with Crippen LogP contribution < -0.4 is 4.74 Å². The molecule has 0 radical (unpaired) electrons. The number of halogens is 2. The minimum Gasteiger partial charge on any atom is -0.454 e. The van der Waals surface area contributed by atoms with Crippen LogP contribution in [-0.2, 0) is 0 Å². The van der Waals surface area contributed by atoms with Crippen molar-refractivity contribution in [1.29, 1.82) is 5.26 Å². The Labute approximate surface area is 116 Å². The summed E-state index contributed by atoms with van der Waals surface area (Å²) in [5, 5.41) is 9.35. The van der Waals surface area contributed by atoms with Gasteiger partial charge in [0.25, 0.3) is 0 Å². The van der Waals surface area contributed by atoms with Crippen molar-refractivity contribution in [3.63, 3.8) is 0 Å². The summed E-state index contributed by atoms with van der Waals surface area (Å²) in [6, 6.07) is 9.45. The third-order valence-electron chi connectivity index (χ3n) is 2.70. The van der Waals surface area contributed by atoms with E-state index in [2.05, 4.69) is 0 Å². The Hall–Kier alpha value is -2.05. The molecule has 0 saturated carbocycles. The van der Waals surface area contributed by atoms with Gasteiger partial charge in [0.1, 0.15) is 5.75 Å². The molecule has 0 aromatic heterocycles. The number of ether oxygens (including phenoxy) is 1. The standard InChI is InChI=1S/C15H11ClFNO/c1-9-5-12(6-10(2)15(9)16)19-14-4-3-11(8-18)7-13(14)17/h3-7H,1-2H3. The first kappa shape index (κ1) is 13.4. The molecule has 0 fully saturated rings. The number of hydrogen-bond donors (Lipinski definition) is 0. The Kier molecular flexibility index (Phi) is 3.73. The lowest BCUT2D eigenvalue weighted by Gasteiger charge is -2.10. The maximum absolute atomic E-state index is 13.7. The molecule has 0 aliphatic heterocycles. The zero-order chi connectivity index (χ0) is 14.0. The van der Waals surface area contributed by atoms with E-state index in [-0.39, 0.29) is 11.3 Å². The summed E-state index contributed by atoms with van der Waals surface area (Å²) in [7, 11) is 0. The number of rotatable bonds is 2. The van der Waals surface area contributed by atoms with Gasteiger partial charge in [-0.15, -0.1) is 0 Å². The van der Waals surface area contributed by atoms with Gasteiger partial charge in [-0.3, -0.25) is 0 Å². The van der Waals surface area contributed by atoms with Gasteiger partial charge in [-0.25, -0.2) is 4.39 Å². The van der Waals surface area contributed by atoms with Gasteiger partial charge in [0.15, 0.2) is 11.6 Å². The molecule has 2 aromatic rings. The topological polar surface area (TPSA) is 33.0 Å². The third-order valence-corrected chi connectivity index (χ3v) is 3.29. The number of nitriles is 1. The lowest BCUT2D eigenvalue weighted by molar-refractivity contribution is 0.441. The molecule has 0 bridgehead atoms. The van der Waals surface area contributed by atoms with Crippen LogP contribution in [0.4, 0.5) is 4.39 Å². The van der Waals surface area contributed by atoms with Crippen molar-refractivity contribution in [2.24, 2.45) is 0 Å². The molecule has 0 aliphatic rings.